The molecule has 3 aromatic rings. The zero-order valence-corrected chi connectivity index (χ0v) is 21.9. The third-order valence-corrected chi connectivity index (χ3v) is 9.88. The lowest BCUT2D eigenvalue weighted by molar-refractivity contribution is -0.113. The molecule has 0 spiro atoms. The van der Waals surface area contributed by atoms with Crippen LogP contribution in [-0.2, 0) is 31.1 Å². The quantitative estimate of drug-likeness (QED) is 0.404. The molecule has 174 valence electrons. The predicted molar refractivity (Wildman–Crippen MR) is 136 cm³/mol. The number of nitrogens with one attached hydrogen (secondary N) is 1. The molecule has 1 unspecified atom stereocenters. The molecule has 3 aromatic heterocycles. The summed E-state index contributed by atoms with van der Waals surface area (Å²) in [6.45, 7) is 6.91. The van der Waals surface area contributed by atoms with E-state index in [0.717, 1.165) is 43.5 Å². The number of carbonyl (C=O) groups excluding carboxylic acids is 1. The molecule has 1 aliphatic rings. The highest BCUT2D eigenvalue weighted by Crippen LogP contribution is 2.45. The van der Waals surface area contributed by atoms with Gasteiger partial charge in [0.25, 0.3) is 0 Å². The Balaban J connectivity index is 1.40. The Kier molecular flexibility index (Phi) is 7.27. The summed E-state index contributed by atoms with van der Waals surface area (Å²) in [5.41, 5.74) is 2.07. The number of hydrogen-bond acceptors (Lipinski definition) is 7. The summed E-state index contributed by atoms with van der Waals surface area (Å²) >= 11 is 4.64. The van der Waals surface area contributed by atoms with Crippen LogP contribution in [0.5, 0.6) is 0 Å². The molecule has 0 saturated heterocycles. The molecule has 9 heteroatoms. The van der Waals surface area contributed by atoms with E-state index >= 15 is 0 Å². The molecule has 0 bridgehead atoms. The molecule has 1 atom stereocenters. The third-order valence-electron chi connectivity index (χ3n) is 6.82. The van der Waals surface area contributed by atoms with Crippen LogP contribution in [0.15, 0.2) is 22.7 Å². The second kappa shape index (κ2) is 10.00. The Morgan fingerprint density at radius 1 is 1.42 bits per heavy atom. The standard InChI is InChI=1S/C24H29N5OS3/c1-5-24(2,3)15-8-9-17-18(13-25)22(33-19(17)11-15)26-21(30)14-32-23-28-27-20(29(23)4)12-16-7-6-10-31-16/h6-7,10,15H,5,8-9,11-12,14H2,1-4H3,(H,26,30). The van der Waals surface area contributed by atoms with Crippen molar-refractivity contribution < 1.29 is 4.79 Å². The monoisotopic (exact) mass is 499 g/mol. The van der Waals surface area contributed by atoms with Crippen molar-refractivity contribution in [3.05, 3.63) is 44.2 Å². The summed E-state index contributed by atoms with van der Waals surface area (Å²) in [6, 6.07) is 6.46. The molecule has 0 fully saturated rings. The van der Waals surface area contributed by atoms with Gasteiger partial charge in [-0.05, 0) is 47.6 Å². The average molecular weight is 500 g/mol. The van der Waals surface area contributed by atoms with Crippen molar-refractivity contribution in [2.75, 3.05) is 11.1 Å². The molecule has 33 heavy (non-hydrogen) atoms. The zero-order valence-electron chi connectivity index (χ0n) is 19.5. The Bertz CT molecular complexity index is 1170. The highest BCUT2D eigenvalue weighted by Gasteiger charge is 2.34. The average Bonchev–Trinajstić information content (AvgIpc) is 3.52. The van der Waals surface area contributed by atoms with Crippen molar-refractivity contribution in [2.45, 2.75) is 58.0 Å². The van der Waals surface area contributed by atoms with Crippen LogP contribution in [0, 0.1) is 22.7 Å². The van der Waals surface area contributed by atoms with Gasteiger partial charge in [0.1, 0.15) is 16.9 Å². The van der Waals surface area contributed by atoms with Crippen LogP contribution in [-0.4, -0.2) is 26.4 Å². The molecule has 1 N–H and O–H groups in total. The molecule has 1 amide bonds. The van der Waals surface area contributed by atoms with Crippen LogP contribution in [0.2, 0.25) is 0 Å². The van der Waals surface area contributed by atoms with Crippen molar-refractivity contribution in [3.8, 4) is 6.07 Å². The molecule has 0 aliphatic heterocycles. The van der Waals surface area contributed by atoms with Crippen molar-refractivity contribution in [1.82, 2.24) is 14.8 Å². The summed E-state index contributed by atoms with van der Waals surface area (Å²) in [5.74, 6) is 1.59. The molecule has 1 aliphatic carbocycles. The highest BCUT2D eigenvalue weighted by molar-refractivity contribution is 7.99. The Hall–Kier alpha value is -2.15. The minimum atomic E-state index is -0.122. The van der Waals surface area contributed by atoms with Gasteiger partial charge in [0, 0.05) is 23.2 Å². The van der Waals surface area contributed by atoms with Crippen LogP contribution >= 0.6 is 34.4 Å². The van der Waals surface area contributed by atoms with E-state index in [1.54, 1.807) is 22.7 Å². The molecule has 0 aromatic carbocycles. The van der Waals surface area contributed by atoms with E-state index in [9.17, 15) is 10.1 Å². The maximum atomic E-state index is 12.7. The number of amides is 1. The maximum Gasteiger partial charge on any atom is 0.235 e. The number of carbonyl (C=O) groups is 1. The van der Waals surface area contributed by atoms with Crippen molar-refractivity contribution in [1.29, 1.82) is 5.26 Å². The molecule has 3 heterocycles. The SMILES string of the molecule is CCC(C)(C)C1CCc2c(sc(NC(=O)CSc3nnc(Cc4cccs4)n3C)c2C#N)C1. The van der Waals surface area contributed by atoms with Crippen molar-refractivity contribution in [2.24, 2.45) is 18.4 Å². The predicted octanol–water partition coefficient (Wildman–Crippen LogP) is 5.67. The third kappa shape index (κ3) is 5.18. The van der Waals surface area contributed by atoms with Crippen LogP contribution in [0.25, 0.3) is 0 Å². The van der Waals surface area contributed by atoms with Gasteiger partial charge < -0.3 is 9.88 Å². The Labute approximate surface area is 207 Å². The van der Waals surface area contributed by atoms with E-state index in [4.69, 9.17) is 0 Å². The smallest absolute Gasteiger partial charge is 0.235 e. The first-order chi connectivity index (χ1) is 15.8. The fourth-order valence-electron chi connectivity index (χ4n) is 4.23. The fourth-order valence-corrected chi connectivity index (χ4v) is 6.96. The second-order valence-corrected chi connectivity index (χ2v) is 12.2. The minimum absolute atomic E-state index is 0.122. The van der Waals surface area contributed by atoms with Crippen LogP contribution in [0.1, 0.15) is 60.3 Å². The summed E-state index contributed by atoms with van der Waals surface area (Å²) < 4.78 is 1.94. The van der Waals surface area contributed by atoms with Gasteiger partial charge in [0.05, 0.1) is 11.3 Å². The second-order valence-electron chi connectivity index (χ2n) is 9.15. The number of hydrogen-bond donors (Lipinski definition) is 1. The zero-order chi connectivity index (χ0) is 23.6. The lowest BCUT2D eigenvalue weighted by Gasteiger charge is -2.36. The Morgan fingerprint density at radius 3 is 2.94 bits per heavy atom. The number of thioether (sulfide) groups is 1. The number of anilines is 1. The number of fused-ring (bicyclic) bond motifs is 1. The van der Waals surface area contributed by atoms with Gasteiger partial charge >= 0.3 is 0 Å². The van der Waals surface area contributed by atoms with Crippen LogP contribution in [0.4, 0.5) is 5.00 Å². The summed E-state index contributed by atoms with van der Waals surface area (Å²) in [5, 5.41) is 24.8. The molecule has 4 rings (SSSR count). The van der Waals surface area contributed by atoms with Gasteiger partial charge in [-0.25, -0.2) is 0 Å². The number of thiophene rings is 2. The summed E-state index contributed by atoms with van der Waals surface area (Å²) in [4.78, 5) is 15.2. The van der Waals surface area contributed by atoms with Gasteiger partial charge in [-0.15, -0.1) is 32.9 Å². The first kappa shape index (κ1) is 24.0. The van der Waals surface area contributed by atoms with Crippen LogP contribution in [0.3, 0.4) is 0 Å². The molecule has 6 nitrogen and oxygen atoms in total. The topological polar surface area (TPSA) is 83.6 Å². The first-order valence-corrected chi connectivity index (χ1v) is 13.9. The molecule has 0 saturated carbocycles. The van der Waals surface area contributed by atoms with Crippen molar-refractivity contribution in [3.63, 3.8) is 0 Å². The van der Waals surface area contributed by atoms with E-state index in [1.807, 2.05) is 17.7 Å². The number of rotatable bonds is 8. The van der Waals surface area contributed by atoms with E-state index in [1.165, 1.54) is 21.5 Å². The van der Waals surface area contributed by atoms with Crippen molar-refractivity contribution >= 4 is 45.3 Å². The van der Waals surface area contributed by atoms with E-state index in [-0.39, 0.29) is 17.1 Å². The summed E-state index contributed by atoms with van der Waals surface area (Å²) in [6.07, 6.45) is 4.88. The van der Waals surface area contributed by atoms with Gasteiger partial charge in [0.15, 0.2) is 5.16 Å². The van der Waals surface area contributed by atoms with Gasteiger partial charge in [-0.3, -0.25) is 4.79 Å². The lowest BCUT2D eigenvalue weighted by Crippen LogP contribution is -2.28. The highest BCUT2D eigenvalue weighted by atomic mass is 32.2. The number of aromatic nitrogens is 3. The number of nitriles is 1. The van der Waals surface area contributed by atoms with Gasteiger partial charge in [-0.2, -0.15) is 5.26 Å². The number of nitrogens with zero attached hydrogens (tertiary/aromatic N) is 4. The first-order valence-electron chi connectivity index (χ1n) is 11.2. The van der Waals surface area contributed by atoms with E-state index < -0.39 is 0 Å². The maximum absolute atomic E-state index is 12.7. The Morgan fingerprint density at radius 2 is 2.24 bits per heavy atom. The lowest BCUT2D eigenvalue weighted by atomic mass is 9.69. The minimum Gasteiger partial charge on any atom is -0.316 e. The molecule has 0 radical (unpaired) electrons. The van der Waals surface area contributed by atoms with Crippen LogP contribution < -0.4 is 5.32 Å². The van der Waals surface area contributed by atoms with E-state index in [0.29, 0.717) is 21.6 Å². The van der Waals surface area contributed by atoms with E-state index in [2.05, 4.69) is 53.8 Å². The fraction of sp³-hybridized carbons (Fsp3) is 0.500. The largest absolute Gasteiger partial charge is 0.316 e. The van der Waals surface area contributed by atoms with Gasteiger partial charge in [0.2, 0.25) is 5.91 Å². The molecular weight excluding hydrogens is 470 g/mol. The van der Waals surface area contributed by atoms with Gasteiger partial charge in [-0.1, -0.05) is 45.0 Å². The summed E-state index contributed by atoms with van der Waals surface area (Å²) in [7, 11) is 1.93. The molecular formula is C24H29N5OS3. The normalized spacial score (nSPS) is 15.8.